The summed E-state index contributed by atoms with van der Waals surface area (Å²) in [6, 6.07) is 14.5. The Bertz CT molecular complexity index is 1210. The Balaban J connectivity index is 1.89. The molecule has 4 rings (SSSR count). The zero-order valence-corrected chi connectivity index (χ0v) is 14.8. The number of pyridine rings is 1. The van der Waals surface area contributed by atoms with Gasteiger partial charge in [-0.3, -0.25) is 4.79 Å². The molecular weight excluding hydrogens is 384 g/mol. The van der Waals surface area contributed by atoms with Crippen molar-refractivity contribution in [3.63, 3.8) is 0 Å². The summed E-state index contributed by atoms with van der Waals surface area (Å²) in [5.41, 5.74) is 2.15. The van der Waals surface area contributed by atoms with E-state index in [1.54, 1.807) is 11.6 Å². The Morgan fingerprint density at radius 2 is 1.88 bits per heavy atom. The number of benzene rings is 2. The van der Waals surface area contributed by atoms with Crippen molar-refractivity contribution in [1.29, 1.82) is 0 Å². The van der Waals surface area contributed by atoms with Gasteiger partial charge in [0.05, 0.1) is 11.0 Å². The lowest BCUT2D eigenvalue weighted by Gasteiger charge is -2.05. The van der Waals surface area contributed by atoms with Crippen molar-refractivity contribution < 1.29 is 5.11 Å². The number of aromatic amines is 1. The zero-order valence-electron chi connectivity index (χ0n) is 13.2. The predicted octanol–water partition coefficient (Wildman–Crippen LogP) is 4.90. The average Bonchev–Trinajstić information content (AvgIpc) is 2.91. The third-order valence-corrected chi connectivity index (χ3v) is 4.60. The molecule has 0 bridgehead atoms. The maximum absolute atomic E-state index is 12.1. The van der Waals surface area contributed by atoms with Crippen LogP contribution in [0.3, 0.4) is 0 Å². The lowest BCUT2D eigenvalue weighted by Crippen LogP contribution is -2.15. The van der Waals surface area contributed by atoms with Gasteiger partial charge in [-0.05, 0) is 24.3 Å². The molecule has 0 saturated carbocycles. The third-order valence-electron chi connectivity index (χ3n) is 4.10. The Hall–Kier alpha value is -2.93. The highest BCUT2D eigenvalue weighted by molar-refractivity contribution is 9.10. The number of fused-ring (bicyclic) bond motifs is 2. The molecule has 0 aliphatic carbocycles. The van der Waals surface area contributed by atoms with Gasteiger partial charge in [-0.15, -0.1) is 10.2 Å². The van der Waals surface area contributed by atoms with Crippen LogP contribution >= 0.6 is 15.9 Å². The second kappa shape index (κ2) is 5.86. The molecule has 6 nitrogen and oxygen atoms in total. The molecule has 2 aromatic heterocycles. The van der Waals surface area contributed by atoms with E-state index in [4.69, 9.17) is 0 Å². The van der Waals surface area contributed by atoms with Gasteiger partial charge in [0, 0.05) is 28.4 Å². The number of aromatic nitrogens is 2. The number of aryl methyl sites for hydroxylation is 1. The fraction of sp³-hybridized carbons (Fsp3) is 0.0556. The smallest absolute Gasteiger partial charge is 0.252 e. The van der Waals surface area contributed by atoms with Gasteiger partial charge in [0.2, 0.25) is 5.88 Å². The van der Waals surface area contributed by atoms with Crippen molar-refractivity contribution >= 4 is 49.1 Å². The van der Waals surface area contributed by atoms with E-state index in [9.17, 15) is 9.90 Å². The minimum absolute atomic E-state index is 0.0648. The molecule has 0 unspecified atom stereocenters. The molecule has 0 fully saturated rings. The summed E-state index contributed by atoms with van der Waals surface area (Å²) in [7, 11) is 1.72. The number of hydrogen-bond donors (Lipinski definition) is 2. The molecule has 0 atom stereocenters. The minimum Gasteiger partial charge on any atom is -0.493 e. The van der Waals surface area contributed by atoms with Crippen LogP contribution in [0.2, 0.25) is 0 Å². The standard InChI is InChI=1S/C18H13BrN4O2/c1-23-15-5-3-2-4-11(15)14(9-16(23)24)21-22-17-12-7-6-10(19)8-13(12)20-18(17)25/h2-9,20,25H,1H3. The van der Waals surface area contributed by atoms with E-state index in [-0.39, 0.29) is 11.4 Å². The van der Waals surface area contributed by atoms with E-state index in [2.05, 4.69) is 31.1 Å². The van der Waals surface area contributed by atoms with Crippen LogP contribution in [0.1, 0.15) is 0 Å². The van der Waals surface area contributed by atoms with Gasteiger partial charge in [-0.2, -0.15) is 0 Å². The van der Waals surface area contributed by atoms with Crippen molar-refractivity contribution in [2.75, 3.05) is 0 Å². The number of hydrogen-bond acceptors (Lipinski definition) is 4. The molecule has 2 N–H and O–H groups in total. The molecule has 0 spiro atoms. The second-order valence-corrected chi connectivity index (χ2v) is 6.57. The molecule has 124 valence electrons. The van der Waals surface area contributed by atoms with Crippen LogP contribution in [0.5, 0.6) is 5.88 Å². The molecule has 0 radical (unpaired) electrons. The van der Waals surface area contributed by atoms with E-state index in [0.717, 1.165) is 26.3 Å². The van der Waals surface area contributed by atoms with Crippen LogP contribution in [-0.2, 0) is 7.05 Å². The number of nitrogens with zero attached hydrogens (tertiary/aromatic N) is 3. The van der Waals surface area contributed by atoms with Gasteiger partial charge in [-0.1, -0.05) is 34.1 Å². The molecule has 2 aromatic carbocycles. The van der Waals surface area contributed by atoms with E-state index < -0.39 is 0 Å². The molecule has 2 heterocycles. The number of halogens is 1. The first-order valence-corrected chi connectivity index (χ1v) is 8.34. The fourth-order valence-electron chi connectivity index (χ4n) is 2.82. The zero-order chi connectivity index (χ0) is 17.6. The maximum Gasteiger partial charge on any atom is 0.252 e. The number of nitrogens with one attached hydrogen (secondary N) is 1. The number of H-pyrrole nitrogens is 1. The lowest BCUT2D eigenvalue weighted by molar-refractivity contribution is 0.459. The van der Waals surface area contributed by atoms with Crippen LogP contribution in [0.15, 0.2) is 68.0 Å². The maximum atomic E-state index is 12.1. The largest absolute Gasteiger partial charge is 0.493 e. The minimum atomic E-state index is -0.167. The summed E-state index contributed by atoms with van der Waals surface area (Å²) >= 11 is 3.39. The molecule has 4 aromatic rings. The van der Waals surface area contributed by atoms with Gasteiger partial charge < -0.3 is 14.7 Å². The summed E-state index contributed by atoms with van der Waals surface area (Å²) in [6.07, 6.45) is 0. The van der Waals surface area contributed by atoms with Crippen molar-refractivity contribution in [2.45, 2.75) is 0 Å². The number of para-hydroxylation sites is 1. The molecule has 7 heteroatoms. The number of aromatic hydroxyl groups is 1. The van der Waals surface area contributed by atoms with Crippen LogP contribution in [0.4, 0.5) is 11.4 Å². The highest BCUT2D eigenvalue weighted by Crippen LogP contribution is 2.37. The SMILES string of the molecule is Cn1c(=O)cc(N=Nc2c(O)[nH]c3cc(Br)ccc23)c2ccccc21. The number of rotatable bonds is 2. The molecule has 0 aliphatic heterocycles. The fourth-order valence-corrected chi connectivity index (χ4v) is 3.18. The van der Waals surface area contributed by atoms with Gasteiger partial charge >= 0.3 is 0 Å². The first-order chi connectivity index (χ1) is 12.0. The highest BCUT2D eigenvalue weighted by atomic mass is 79.9. The molecular formula is C18H13BrN4O2. The summed E-state index contributed by atoms with van der Waals surface area (Å²) in [5, 5.41) is 20.1. The summed E-state index contributed by atoms with van der Waals surface area (Å²) in [5.74, 6) is -0.0648. The molecule has 0 aliphatic rings. The third kappa shape index (κ3) is 2.62. The van der Waals surface area contributed by atoms with E-state index in [1.807, 2.05) is 42.5 Å². The quantitative estimate of drug-likeness (QED) is 0.472. The summed E-state index contributed by atoms with van der Waals surface area (Å²) in [4.78, 5) is 15.0. The van der Waals surface area contributed by atoms with Gasteiger partial charge in [0.15, 0.2) is 5.69 Å². The monoisotopic (exact) mass is 396 g/mol. The number of azo groups is 1. The van der Waals surface area contributed by atoms with Crippen LogP contribution in [-0.4, -0.2) is 14.7 Å². The lowest BCUT2D eigenvalue weighted by atomic mass is 10.2. The van der Waals surface area contributed by atoms with Crippen molar-refractivity contribution in [3.05, 3.63) is 63.4 Å². The van der Waals surface area contributed by atoms with Crippen molar-refractivity contribution in [1.82, 2.24) is 9.55 Å². The Morgan fingerprint density at radius 3 is 2.72 bits per heavy atom. The van der Waals surface area contributed by atoms with E-state index >= 15 is 0 Å². The topological polar surface area (TPSA) is 82.7 Å². The molecule has 0 amide bonds. The Kier molecular flexibility index (Phi) is 3.65. The van der Waals surface area contributed by atoms with Gasteiger partial charge in [0.1, 0.15) is 5.69 Å². The predicted molar refractivity (Wildman–Crippen MR) is 101 cm³/mol. The van der Waals surface area contributed by atoms with Gasteiger partial charge in [0.25, 0.3) is 5.56 Å². The normalized spacial score (nSPS) is 11.8. The second-order valence-electron chi connectivity index (χ2n) is 5.66. The van der Waals surface area contributed by atoms with Crippen LogP contribution in [0, 0.1) is 0 Å². The highest BCUT2D eigenvalue weighted by Gasteiger charge is 2.11. The molecule has 25 heavy (non-hydrogen) atoms. The van der Waals surface area contributed by atoms with Crippen molar-refractivity contribution in [3.8, 4) is 5.88 Å². The first-order valence-electron chi connectivity index (χ1n) is 7.55. The summed E-state index contributed by atoms with van der Waals surface area (Å²) < 4.78 is 2.46. The first kappa shape index (κ1) is 15.6. The Morgan fingerprint density at radius 1 is 1.08 bits per heavy atom. The Labute approximate surface area is 150 Å². The van der Waals surface area contributed by atoms with Gasteiger partial charge in [-0.25, -0.2) is 0 Å². The van der Waals surface area contributed by atoms with E-state index in [1.165, 1.54) is 6.07 Å². The van der Waals surface area contributed by atoms with Crippen molar-refractivity contribution in [2.24, 2.45) is 17.3 Å². The average molecular weight is 397 g/mol. The van der Waals surface area contributed by atoms with E-state index in [0.29, 0.717) is 11.4 Å². The van der Waals surface area contributed by atoms with Crippen LogP contribution < -0.4 is 5.56 Å². The molecule has 0 saturated heterocycles. The summed E-state index contributed by atoms with van der Waals surface area (Å²) in [6.45, 7) is 0. The van der Waals surface area contributed by atoms with Crippen LogP contribution in [0.25, 0.3) is 21.8 Å².